The second kappa shape index (κ2) is 13.0. The molecule has 3 unspecified atom stereocenters. The molecule has 0 spiro atoms. The van der Waals surface area contributed by atoms with Gasteiger partial charge < -0.3 is 29.2 Å². The molecule has 1 fully saturated rings. The average molecular weight is 348 g/mol. The summed E-state index contributed by atoms with van der Waals surface area (Å²) in [5, 5.41) is 20.9. The topological polar surface area (TPSA) is 77.4 Å². The minimum Gasteiger partial charge on any atom is -0.387 e. The van der Waals surface area contributed by atoms with Gasteiger partial charge in [0, 0.05) is 19.8 Å². The molecule has 144 valence electrons. The first-order valence-corrected chi connectivity index (χ1v) is 9.48. The van der Waals surface area contributed by atoms with Crippen LogP contribution in [0.15, 0.2) is 0 Å². The molecule has 0 aliphatic carbocycles. The fourth-order valence-electron chi connectivity index (χ4n) is 2.59. The molecule has 2 N–H and O–H groups in total. The van der Waals surface area contributed by atoms with Gasteiger partial charge in [0.2, 0.25) is 0 Å². The summed E-state index contributed by atoms with van der Waals surface area (Å²) in [7, 11) is 0. The maximum Gasteiger partial charge on any atom is 0.184 e. The Bertz CT molecular complexity index is 301. The Hall–Kier alpha value is -0.240. The summed E-state index contributed by atoms with van der Waals surface area (Å²) in [6, 6.07) is 0. The van der Waals surface area contributed by atoms with Gasteiger partial charge in [0.15, 0.2) is 6.29 Å². The van der Waals surface area contributed by atoms with Crippen molar-refractivity contribution in [3.05, 3.63) is 0 Å². The first kappa shape index (κ1) is 21.8. The third-order valence-corrected chi connectivity index (χ3v) is 4.18. The third kappa shape index (κ3) is 7.33. The molecule has 1 rings (SSSR count). The van der Waals surface area contributed by atoms with Crippen molar-refractivity contribution >= 4 is 0 Å². The molecule has 0 saturated carbocycles. The van der Waals surface area contributed by atoms with Gasteiger partial charge in [-0.1, -0.05) is 40.0 Å². The minimum absolute atomic E-state index is 0.244. The molecule has 1 saturated heterocycles. The molecule has 1 heterocycles. The van der Waals surface area contributed by atoms with Crippen LogP contribution in [0.1, 0.15) is 59.3 Å². The number of rotatable bonds is 13. The molecular weight excluding hydrogens is 312 g/mol. The minimum atomic E-state index is -1.11. The van der Waals surface area contributed by atoms with Crippen LogP contribution >= 0.6 is 0 Å². The molecule has 0 radical (unpaired) electrons. The van der Waals surface area contributed by atoms with E-state index in [1.165, 1.54) is 0 Å². The van der Waals surface area contributed by atoms with E-state index in [0.29, 0.717) is 19.8 Å². The zero-order valence-electron chi connectivity index (χ0n) is 15.5. The lowest BCUT2D eigenvalue weighted by atomic mass is 9.98. The van der Waals surface area contributed by atoms with E-state index in [-0.39, 0.29) is 6.61 Å². The Morgan fingerprint density at radius 2 is 1.33 bits per heavy atom. The van der Waals surface area contributed by atoms with Gasteiger partial charge >= 0.3 is 0 Å². The largest absolute Gasteiger partial charge is 0.387 e. The van der Waals surface area contributed by atoms with Crippen LogP contribution in [0.5, 0.6) is 0 Å². The molecular formula is C18H36O6. The lowest BCUT2D eigenvalue weighted by Crippen LogP contribution is -2.60. The average Bonchev–Trinajstić information content (AvgIpc) is 2.57. The summed E-state index contributed by atoms with van der Waals surface area (Å²) < 4.78 is 22.7. The highest BCUT2D eigenvalue weighted by atomic mass is 16.7. The normalized spacial score (nSPS) is 30.6. The van der Waals surface area contributed by atoms with Crippen molar-refractivity contribution in [2.45, 2.75) is 90.0 Å². The summed E-state index contributed by atoms with van der Waals surface area (Å²) in [4.78, 5) is 0. The van der Waals surface area contributed by atoms with E-state index >= 15 is 0 Å². The molecule has 6 heteroatoms. The SMILES string of the molecule is CCCCOCC1O[C@@H](O)C(OCCCC)C(OCCCC)[C@@H]1O. The highest BCUT2D eigenvalue weighted by molar-refractivity contribution is 4.91. The van der Waals surface area contributed by atoms with E-state index in [2.05, 4.69) is 20.8 Å². The predicted molar refractivity (Wildman–Crippen MR) is 91.9 cm³/mol. The van der Waals surface area contributed by atoms with Crippen LogP contribution < -0.4 is 0 Å². The second-order valence-corrected chi connectivity index (χ2v) is 6.36. The Morgan fingerprint density at radius 3 is 1.92 bits per heavy atom. The first-order chi connectivity index (χ1) is 11.7. The molecule has 24 heavy (non-hydrogen) atoms. The van der Waals surface area contributed by atoms with Crippen LogP contribution in [0.25, 0.3) is 0 Å². The zero-order chi connectivity index (χ0) is 17.8. The van der Waals surface area contributed by atoms with Crippen LogP contribution in [0.2, 0.25) is 0 Å². The number of aliphatic hydroxyl groups excluding tert-OH is 2. The van der Waals surface area contributed by atoms with E-state index in [1.54, 1.807) is 0 Å². The monoisotopic (exact) mass is 348 g/mol. The summed E-state index contributed by atoms with van der Waals surface area (Å²) in [6.45, 7) is 8.16. The van der Waals surface area contributed by atoms with Gasteiger partial charge in [0.25, 0.3) is 0 Å². The summed E-state index contributed by atoms with van der Waals surface area (Å²) >= 11 is 0. The Balaban J connectivity index is 2.61. The molecule has 1 aliphatic rings. The van der Waals surface area contributed by atoms with Gasteiger partial charge in [-0.15, -0.1) is 0 Å². The van der Waals surface area contributed by atoms with Crippen LogP contribution in [0.3, 0.4) is 0 Å². The Labute approximate surface area is 146 Å². The van der Waals surface area contributed by atoms with Gasteiger partial charge in [-0.25, -0.2) is 0 Å². The first-order valence-electron chi connectivity index (χ1n) is 9.48. The van der Waals surface area contributed by atoms with Crippen molar-refractivity contribution in [1.29, 1.82) is 0 Å². The van der Waals surface area contributed by atoms with Gasteiger partial charge in [-0.05, 0) is 19.3 Å². The van der Waals surface area contributed by atoms with Crippen molar-refractivity contribution < 1.29 is 29.2 Å². The third-order valence-electron chi connectivity index (χ3n) is 4.18. The molecule has 0 aromatic carbocycles. The van der Waals surface area contributed by atoms with Gasteiger partial charge in [-0.3, -0.25) is 0 Å². The Kier molecular flexibility index (Phi) is 11.8. The summed E-state index contributed by atoms with van der Waals surface area (Å²) in [5.74, 6) is 0. The van der Waals surface area contributed by atoms with E-state index in [4.69, 9.17) is 18.9 Å². The molecule has 0 amide bonds. The second-order valence-electron chi connectivity index (χ2n) is 6.36. The van der Waals surface area contributed by atoms with Gasteiger partial charge in [0.1, 0.15) is 24.4 Å². The van der Waals surface area contributed by atoms with Crippen LogP contribution in [-0.2, 0) is 18.9 Å². The summed E-state index contributed by atoms with van der Waals surface area (Å²) in [5.41, 5.74) is 0. The van der Waals surface area contributed by atoms with Crippen molar-refractivity contribution in [3.8, 4) is 0 Å². The van der Waals surface area contributed by atoms with Crippen LogP contribution in [0.4, 0.5) is 0 Å². The van der Waals surface area contributed by atoms with Crippen LogP contribution in [-0.4, -0.2) is 67.3 Å². The number of unbranched alkanes of at least 4 members (excludes halogenated alkanes) is 3. The highest BCUT2D eigenvalue weighted by Crippen LogP contribution is 2.25. The van der Waals surface area contributed by atoms with Crippen molar-refractivity contribution in [3.63, 3.8) is 0 Å². The number of hydrogen-bond donors (Lipinski definition) is 2. The maximum absolute atomic E-state index is 10.6. The van der Waals surface area contributed by atoms with E-state index in [9.17, 15) is 10.2 Å². The number of hydrogen-bond acceptors (Lipinski definition) is 6. The summed E-state index contributed by atoms with van der Waals surface area (Å²) in [6.07, 6.45) is 1.95. The lowest BCUT2D eigenvalue weighted by Gasteiger charge is -2.42. The molecule has 0 aromatic heterocycles. The predicted octanol–water partition coefficient (Wildman–Crippen LogP) is 2.25. The number of aliphatic hydroxyl groups is 2. The van der Waals surface area contributed by atoms with Crippen molar-refractivity contribution in [1.82, 2.24) is 0 Å². The van der Waals surface area contributed by atoms with E-state index in [0.717, 1.165) is 38.5 Å². The van der Waals surface area contributed by atoms with Crippen LogP contribution in [0, 0.1) is 0 Å². The standard InChI is InChI=1S/C18H36O6/c1-4-7-10-21-13-14-15(19)16(22-11-8-5-2)17(18(20)24-14)23-12-9-6-3/h14-20H,4-13H2,1-3H3/t14?,15-,16?,17?,18-/m1/s1. The quantitative estimate of drug-likeness (QED) is 0.497. The van der Waals surface area contributed by atoms with E-state index < -0.39 is 30.7 Å². The van der Waals surface area contributed by atoms with Gasteiger partial charge in [-0.2, -0.15) is 0 Å². The maximum atomic E-state index is 10.6. The number of ether oxygens (including phenoxy) is 4. The molecule has 0 aromatic rings. The van der Waals surface area contributed by atoms with Crippen molar-refractivity contribution in [2.75, 3.05) is 26.4 Å². The molecule has 1 aliphatic heterocycles. The highest BCUT2D eigenvalue weighted by Gasteiger charge is 2.46. The fourth-order valence-corrected chi connectivity index (χ4v) is 2.59. The molecule has 5 atom stereocenters. The fraction of sp³-hybridized carbons (Fsp3) is 1.00. The Morgan fingerprint density at radius 1 is 0.792 bits per heavy atom. The zero-order valence-corrected chi connectivity index (χ0v) is 15.5. The van der Waals surface area contributed by atoms with E-state index in [1.807, 2.05) is 0 Å². The molecule has 0 bridgehead atoms. The van der Waals surface area contributed by atoms with Crippen molar-refractivity contribution in [2.24, 2.45) is 0 Å². The van der Waals surface area contributed by atoms with Gasteiger partial charge in [0.05, 0.1) is 6.61 Å². The lowest BCUT2D eigenvalue weighted by molar-refractivity contribution is -0.305. The smallest absolute Gasteiger partial charge is 0.184 e. The molecule has 6 nitrogen and oxygen atoms in total.